The van der Waals surface area contributed by atoms with Crippen LogP contribution in [0.3, 0.4) is 0 Å². The van der Waals surface area contributed by atoms with Crippen LogP contribution in [0.15, 0.2) is 0 Å². The molecule has 0 aromatic rings. The lowest BCUT2D eigenvalue weighted by Crippen LogP contribution is -2.52. The molecule has 1 aliphatic heterocycles. The fraction of sp³-hybridized carbons (Fsp3) is 1.00. The van der Waals surface area contributed by atoms with Gasteiger partial charge in [-0.05, 0) is 12.8 Å². The molecule has 0 spiro atoms. The van der Waals surface area contributed by atoms with E-state index in [2.05, 4.69) is 29.0 Å². The summed E-state index contributed by atoms with van der Waals surface area (Å²) in [4.78, 5) is 5.08. The molecule has 0 amide bonds. The van der Waals surface area contributed by atoms with Crippen LogP contribution in [-0.2, 0) is 0 Å². The van der Waals surface area contributed by atoms with Crippen LogP contribution in [-0.4, -0.2) is 72.4 Å². The van der Waals surface area contributed by atoms with Crippen molar-refractivity contribution in [1.29, 1.82) is 0 Å². The Hall–Kier alpha value is -0.160. The first kappa shape index (κ1) is 15.2. The highest BCUT2D eigenvalue weighted by molar-refractivity contribution is 4.82. The van der Waals surface area contributed by atoms with Crippen molar-refractivity contribution in [3.8, 4) is 0 Å². The van der Waals surface area contributed by atoms with E-state index < -0.39 is 0 Å². The standard InChI is InChI=1S/C15H31N3O/c1-13(2)16-11-15(19)12-17-7-9-18(10-8-17)14-5-3-4-6-14/h13-16,19H,3-12H2,1-2H3. The van der Waals surface area contributed by atoms with Crippen molar-refractivity contribution in [3.05, 3.63) is 0 Å². The molecule has 0 aromatic heterocycles. The first-order valence-electron chi connectivity index (χ1n) is 8.03. The second kappa shape index (κ2) is 7.58. The molecule has 0 bridgehead atoms. The highest BCUT2D eigenvalue weighted by Gasteiger charge is 2.26. The molecule has 1 saturated heterocycles. The molecule has 4 nitrogen and oxygen atoms in total. The number of β-amino-alcohol motifs (C(OH)–C–C–N with tert-alkyl or cyclic N) is 1. The van der Waals surface area contributed by atoms with E-state index in [1.165, 1.54) is 38.8 Å². The lowest BCUT2D eigenvalue weighted by molar-refractivity contribution is 0.0567. The number of nitrogens with zero attached hydrogens (tertiary/aromatic N) is 2. The highest BCUT2D eigenvalue weighted by atomic mass is 16.3. The second-order valence-corrected chi connectivity index (χ2v) is 6.49. The molecule has 1 heterocycles. The third-order valence-electron chi connectivity index (χ3n) is 4.48. The summed E-state index contributed by atoms with van der Waals surface area (Å²) in [7, 11) is 0. The van der Waals surface area contributed by atoms with E-state index in [4.69, 9.17) is 0 Å². The van der Waals surface area contributed by atoms with Crippen molar-refractivity contribution in [3.63, 3.8) is 0 Å². The molecular weight excluding hydrogens is 238 g/mol. The largest absolute Gasteiger partial charge is 0.390 e. The van der Waals surface area contributed by atoms with E-state index in [9.17, 15) is 5.11 Å². The lowest BCUT2D eigenvalue weighted by Gasteiger charge is -2.38. The van der Waals surface area contributed by atoms with Crippen LogP contribution in [0.1, 0.15) is 39.5 Å². The average Bonchev–Trinajstić information content (AvgIpc) is 2.91. The van der Waals surface area contributed by atoms with Gasteiger partial charge in [-0.15, -0.1) is 0 Å². The fourth-order valence-electron chi connectivity index (χ4n) is 3.31. The van der Waals surface area contributed by atoms with Crippen LogP contribution >= 0.6 is 0 Å². The van der Waals surface area contributed by atoms with E-state index in [1.807, 2.05) is 0 Å². The Morgan fingerprint density at radius 1 is 1.11 bits per heavy atom. The van der Waals surface area contributed by atoms with E-state index in [0.717, 1.165) is 25.7 Å². The van der Waals surface area contributed by atoms with Crippen LogP contribution in [0.25, 0.3) is 0 Å². The van der Waals surface area contributed by atoms with Gasteiger partial charge in [0, 0.05) is 51.4 Å². The zero-order valence-corrected chi connectivity index (χ0v) is 12.6. The van der Waals surface area contributed by atoms with E-state index in [0.29, 0.717) is 12.6 Å². The Bertz CT molecular complexity index is 246. The molecule has 2 N–H and O–H groups in total. The minimum atomic E-state index is -0.236. The Balaban J connectivity index is 1.62. The van der Waals surface area contributed by atoms with Crippen molar-refractivity contribution in [2.45, 2.75) is 57.7 Å². The molecule has 1 aliphatic carbocycles. The minimum Gasteiger partial charge on any atom is -0.390 e. The fourth-order valence-corrected chi connectivity index (χ4v) is 3.31. The molecule has 0 aromatic carbocycles. The summed E-state index contributed by atoms with van der Waals surface area (Å²) in [5, 5.41) is 13.3. The lowest BCUT2D eigenvalue weighted by atomic mass is 10.1. The molecule has 2 fully saturated rings. The number of rotatable bonds is 6. The number of aliphatic hydroxyl groups is 1. The van der Waals surface area contributed by atoms with E-state index in [-0.39, 0.29) is 6.10 Å². The van der Waals surface area contributed by atoms with Crippen molar-refractivity contribution >= 4 is 0 Å². The number of hydrogen-bond acceptors (Lipinski definition) is 4. The third-order valence-corrected chi connectivity index (χ3v) is 4.48. The van der Waals surface area contributed by atoms with Gasteiger partial charge in [0.2, 0.25) is 0 Å². The van der Waals surface area contributed by atoms with Gasteiger partial charge in [0.05, 0.1) is 6.10 Å². The summed E-state index contributed by atoms with van der Waals surface area (Å²) < 4.78 is 0. The molecular formula is C15H31N3O. The Morgan fingerprint density at radius 2 is 1.74 bits per heavy atom. The van der Waals surface area contributed by atoms with Crippen molar-refractivity contribution in [1.82, 2.24) is 15.1 Å². The number of aliphatic hydroxyl groups excluding tert-OH is 1. The van der Waals surface area contributed by atoms with Gasteiger partial charge in [-0.2, -0.15) is 0 Å². The molecule has 112 valence electrons. The quantitative estimate of drug-likeness (QED) is 0.752. The minimum absolute atomic E-state index is 0.236. The van der Waals surface area contributed by atoms with Gasteiger partial charge in [-0.25, -0.2) is 0 Å². The maximum absolute atomic E-state index is 10.0. The monoisotopic (exact) mass is 269 g/mol. The summed E-state index contributed by atoms with van der Waals surface area (Å²) in [5.41, 5.74) is 0. The van der Waals surface area contributed by atoms with Crippen LogP contribution in [0.4, 0.5) is 0 Å². The maximum atomic E-state index is 10.0. The molecule has 1 saturated carbocycles. The molecule has 2 rings (SSSR count). The predicted octanol–water partition coefficient (Wildman–Crippen LogP) is 0.906. The van der Waals surface area contributed by atoms with Crippen molar-refractivity contribution in [2.24, 2.45) is 0 Å². The average molecular weight is 269 g/mol. The molecule has 19 heavy (non-hydrogen) atoms. The smallest absolute Gasteiger partial charge is 0.0791 e. The zero-order valence-electron chi connectivity index (χ0n) is 12.6. The molecule has 4 heteroatoms. The van der Waals surface area contributed by atoms with Gasteiger partial charge in [0.25, 0.3) is 0 Å². The van der Waals surface area contributed by atoms with Gasteiger partial charge in [0.15, 0.2) is 0 Å². The molecule has 1 atom stereocenters. The molecule has 0 radical (unpaired) electrons. The van der Waals surface area contributed by atoms with Gasteiger partial charge in [0.1, 0.15) is 0 Å². The summed E-state index contributed by atoms with van der Waals surface area (Å²) in [6.07, 6.45) is 5.41. The molecule has 2 aliphatic rings. The Labute approximate surface area is 118 Å². The topological polar surface area (TPSA) is 38.7 Å². The van der Waals surface area contributed by atoms with Crippen LogP contribution in [0, 0.1) is 0 Å². The summed E-state index contributed by atoms with van der Waals surface area (Å²) in [6, 6.07) is 1.31. The molecule has 1 unspecified atom stereocenters. The highest BCUT2D eigenvalue weighted by Crippen LogP contribution is 2.24. The van der Waals surface area contributed by atoms with Crippen LogP contribution < -0.4 is 5.32 Å². The van der Waals surface area contributed by atoms with E-state index in [1.54, 1.807) is 0 Å². The van der Waals surface area contributed by atoms with Gasteiger partial charge >= 0.3 is 0 Å². The zero-order chi connectivity index (χ0) is 13.7. The van der Waals surface area contributed by atoms with Gasteiger partial charge in [-0.3, -0.25) is 9.80 Å². The first-order chi connectivity index (χ1) is 9.15. The third kappa shape index (κ3) is 5.03. The van der Waals surface area contributed by atoms with Gasteiger partial charge < -0.3 is 10.4 Å². The Kier molecular flexibility index (Phi) is 6.07. The van der Waals surface area contributed by atoms with Crippen LogP contribution in [0.2, 0.25) is 0 Å². The van der Waals surface area contributed by atoms with Crippen molar-refractivity contribution < 1.29 is 5.11 Å². The van der Waals surface area contributed by atoms with Crippen LogP contribution in [0.5, 0.6) is 0 Å². The van der Waals surface area contributed by atoms with Crippen molar-refractivity contribution in [2.75, 3.05) is 39.3 Å². The predicted molar refractivity (Wildman–Crippen MR) is 79.4 cm³/mol. The maximum Gasteiger partial charge on any atom is 0.0791 e. The van der Waals surface area contributed by atoms with Gasteiger partial charge in [-0.1, -0.05) is 26.7 Å². The summed E-state index contributed by atoms with van der Waals surface area (Å²) in [5.74, 6) is 0. The normalized spacial score (nSPS) is 25.3. The number of piperazine rings is 1. The first-order valence-corrected chi connectivity index (χ1v) is 8.03. The second-order valence-electron chi connectivity index (χ2n) is 6.49. The van der Waals surface area contributed by atoms with E-state index >= 15 is 0 Å². The number of hydrogen-bond donors (Lipinski definition) is 2. The Morgan fingerprint density at radius 3 is 2.32 bits per heavy atom. The summed E-state index contributed by atoms with van der Waals surface area (Å²) >= 11 is 0. The summed E-state index contributed by atoms with van der Waals surface area (Å²) in [6.45, 7) is 10.4. The number of nitrogens with one attached hydrogen (secondary N) is 1. The SMILES string of the molecule is CC(C)NCC(O)CN1CCN(C2CCCC2)CC1.